The van der Waals surface area contributed by atoms with Gasteiger partial charge < -0.3 is 10.1 Å². The Morgan fingerprint density at radius 2 is 1.82 bits per heavy atom. The number of para-hydroxylation sites is 1. The van der Waals surface area contributed by atoms with Gasteiger partial charge in [0.1, 0.15) is 28.8 Å². The van der Waals surface area contributed by atoms with Gasteiger partial charge in [0.15, 0.2) is 0 Å². The number of hydrogen-bond acceptors (Lipinski definition) is 7. The fourth-order valence-electron chi connectivity index (χ4n) is 4.06. The normalized spacial score (nSPS) is 11.9. The molecule has 3 aromatic carbocycles. The van der Waals surface area contributed by atoms with E-state index in [-0.39, 0.29) is 11.7 Å². The van der Waals surface area contributed by atoms with Crippen molar-refractivity contribution < 1.29 is 22.7 Å². The van der Waals surface area contributed by atoms with Crippen molar-refractivity contribution >= 4 is 52.1 Å². The van der Waals surface area contributed by atoms with E-state index in [2.05, 4.69) is 48.0 Å². The molecule has 0 saturated heterocycles. The van der Waals surface area contributed by atoms with Gasteiger partial charge in [-0.2, -0.15) is 0 Å². The average molecular weight is 566 g/mol. The molecule has 204 valence electrons. The molecule has 13 heteroatoms. The molecule has 0 bridgehead atoms. The molecule has 5 aromatic rings. The van der Waals surface area contributed by atoms with E-state index >= 15 is 0 Å². The molecule has 0 aliphatic rings. The molecular formula is C27H22F3N7O2S. The van der Waals surface area contributed by atoms with Crippen molar-refractivity contribution in [1.82, 2.24) is 24.2 Å². The third-order valence-corrected chi connectivity index (χ3v) is 6.29. The number of benzene rings is 3. The number of rotatable bonds is 7. The zero-order valence-corrected chi connectivity index (χ0v) is 22.0. The minimum Gasteiger partial charge on any atom is -0.406 e. The third kappa shape index (κ3) is 6.15. The van der Waals surface area contributed by atoms with Gasteiger partial charge in [0.25, 0.3) is 0 Å². The third-order valence-electron chi connectivity index (χ3n) is 5.80. The second kappa shape index (κ2) is 11.2. The number of alkyl halides is 3. The molecule has 0 aliphatic heterocycles. The van der Waals surface area contributed by atoms with Crippen LogP contribution in [0.2, 0.25) is 0 Å². The van der Waals surface area contributed by atoms with Crippen LogP contribution in [0.1, 0.15) is 31.0 Å². The summed E-state index contributed by atoms with van der Waals surface area (Å²) in [6, 6.07) is 16.3. The van der Waals surface area contributed by atoms with Gasteiger partial charge in [-0.15, -0.1) is 13.2 Å². The van der Waals surface area contributed by atoms with Crippen molar-refractivity contribution in [2.75, 3.05) is 5.32 Å². The lowest BCUT2D eigenvalue weighted by molar-refractivity contribution is -0.274. The van der Waals surface area contributed by atoms with Gasteiger partial charge in [-0.1, -0.05) is 32.0 Å². The molecule has 0 fully saturated rings. The first kappa shape index (κ1) is 26.9. The van der Waals surface area contributed by atoms with Gasteiger partial charge in [-0.05, 0) is 53.9 Å². The average Bonchev–Trinajstić information content (AvgIpc) is 3.35. The summed E-state index contributed by atoms with van der Waals surface area (Å²) < 4.78 is 49.8. The van der Waals surface area contributed by atoms with Crippen LogP contribution in [0.3, 0.4) is 0 Å². The zero-order valence-electron chi connectivity index (χ0n) is 21.2. The fourth-order valence-corrected chi connectivity index (χ4v) is 4.41. The second-order valence-electron chi connectivity index (χ2n) is 8.88. The number of carbonyl (C=O) groups is 1. The Kier molecular flexibility index (Phi) is 7.56. The molecule has 40 heavy (non-hydrogen) atoms. The Morgan fingerprint density at radius 3 is 2.58 bits per heavy atom. The van der Waals surface area contributed by atoms with E-state index in [1.807, 2.05) is 24.3 Å². The first-order valence-electron chi connectivity index (χ1n) is 12.0. The van der Waals surface area contributed by atoms with E-state index in [0.717, 1.165) is 23.4 Å². The standard InChI is InChI=1S/C27H22F3N7O2S/c1-16(2)20-5-3-4-6-21(20)35-26(38)36-40-33-14-17-13-31-24-22(34-17)11-12-23-25(24)32-15-37(23)18-7-9-19(10-8-18)39-27(28,29)30/h3-16H,1-2H3,(H2,35,36,38)/b33-14+. The molecular weight excluding hydrogens is 543 g/mol. The number of nitrogens with one attached hydrogen (secondary N) is 2. The van der Waals surface area contributed by atoms with Crippen molar-refractivity contribution in [3.8, 4) is 11.4 Å². The second-order valence-corrected chi connectivity index (χ2v) is 9.47. The first-order valence-corrected chi connectivity index (χ1v) is 12.8. The SMILES string of the molecule is CC(C)c1ccccc1NC(=O)NS/N=C/c1cnc2c(ccc3c2ncn3-c2ccc(OC(F)(F)F)cc2)n1. The van der Waals surface area contributed by atoms with Crippen LogP contribution in [0.5, 0.6) is 5.75 Å². The summed E-state index contributed by atoms with van der Waals surface area (Å²) in [7, 11) is 0. The lowest BCUT2D eigenvalue weighted by Crippen LogP contribution is -2.23. The molecule has 0 atom stereocenters. The maximum Gasteiger partial charge on any atom is 0.573 e. The number of amides is 2. The summed E-state index contributed by atoms with van der Waals surface area (Å²) in [5.41, 5.74) is 5.28. The molecule has 0 aliphatic carbocycles. The van der Waals surface area contributed by atoms with Crippen LogP contribution in [-0.2, 0) is 0 Å². The fraction of sp³-hybridized carbons (Fsp3) is 0.148. The number of carbonyl (C=O) groups excluding carboxylic acids is 1. The minimum atomic E-state index is -4.76. The van der Waals surface area contributed by atoms with Crippen molar-refractivity contribution in [2.24, 2.45) is 4.40 Å². The topological polar surface area (TPSA) is 106 Å². The molecule has 0 radical (unpaired) electrons. The summed E-state index contributed by atoms with van der Waals surface area (Å²) in [5.74, 6) is -0.0476. The molecule has 0 saturated carbocycles. The molecule has 2 heterocycles. The summed E-state index contributed by atoms with van der Waals surface area (Å²) in [6.07, 6.45) is -0.179. The van der Waals surface area contributed by atoms with Crippen LogP contribution >= 0.6 is 12.1 Å². The number of urea groups is 1. The Bertz CT molecular complexity index is 1700. The maximum atomic E-state index is 12.4. The molecule has 0 spiro atoms. The lowest BCUT2D eigenvalue weighted by atomic mass is 10.0. The van der Waals surface area contributed by atoms with Crippen molar-refractivity contribution in [1.29, 1.82) is 0 Å². The van der Waals surface area contributed by atoms with E-state index in [9.17, 15) is 18.0 Å². The molecule has 0 unspecified atom stereocenters. The minimum absolute atomic E-state index is 0.261. The monoisotopic (exact) mass is 565 g/mol. The number of fused-ring (bicyclic) bond motifs is 3. The van der Waals surface area contributed by atoms with E-state index < -0.39 is 12.4 Å². The molecule has 9 nitrogen and oxygen atoms in total. The summed E-state index contributed by atoms with van der Waals surface area (Å²) in [5, 5.41) is 2.82. The number of aromatic nitrogens is 4. The number of anilines is 1. The smallest absolute Gasteiger partial charge is 0.406 e. The lowest BCUT2D eigenvalue weighted by Gasteiger charge is -2.13. The highest BCUT2D eigenvalue weighted by Gasteiger charge is 2.31. The number of halogens is 3. The van der Waals surface area contributed by atoms with E-state index in [1.165, 1.54) is 36.7 Å². The van der Waals surface area contributed by atoms with E-state index in [4.69, 9.17) is 0 Å². The molecule has 2 N–H and O–H groups in total. The highest BCUT2D eigenvalue weighted by molar-refractivity contribution is 7.96. The maximum absolute atomic E-state index is 12.4. The molecule has 5 rings (SSSR count). The Hall–Kier alpha value is -4.65. The van der Waals surface area contributed by atoms with Crippen molar-refractivity contribution in [3.63, 3.8) is 0 Å². The van der Waals surface area contributed by atoms with Gasteiger partial charge in [0.05, 0.1) is 35.6 Å². The van der Waals surface area contributed by atoms with Crippen molar-refractivity contribution in [2.45, 2.75) is 26.1 Å². The highest BCUT2D eigenvalue weighted by Crippen LogP contribution is 2.27. The predicted octanol–water partition coefficient (Wildman–Crippen LogP) is 6.79. The Labute approximate surface area is 230 Å². The van der Waals surface area contributed by atoms with E-state index in [0.29, 0.717) is 33.4 Å². The predicted molar refractivity (Wildman–Crippen MR) is 149 cm³/mol. The van der Waals surface area contributed by atoms with Gasteiger partial charge in [0, 0.05) is 11.4 Å². The molecule has 2 amide bonds. The van der Waals surface area contributed by atoms with E-state index in [1.54, 1.807) is 23.0 Å². The number of imidazole rings is 1. The molecule has 2 aromatic heterocycles. The van der Waals surface area contributed by atoms with Gasteiger partial charge in [0.2, 0.25) is 0 Å². The Morgan fingerprint density at radius 1 is 1.05 bits per heavy atom. The summed E-state index contributed by atoms with van der Waals surface area (Å²) in [6.45, 7) is 4.11. The first-order chi connectivity index (χ1) is 19.2. The van der Waals surface area contributed by atoms with Crippen LogP contribution in [0.4, 0.5) is 23.7 Å². The van der Waals surface area contributed by atoms with Crippen LogP contribution in [-0.4, -0.2) is 38.1 Å². The van der Waals surface area contributed by atoms with Crippen LogP contribution < -0.4 is 14.8 Å². The highest BCUT2D eigenvalue weighted by atomic mass is 32.2. The zero-order chi connectivity index (χ0) is 28.3. The largest absolute Gasteiger partial charge is 0.573 e. The van der Waals surface area contributed by atoms with Crippen LogP contribution in [0, 0.1) is 0 Å². The van der Waals surface area contributed by atoms with Gasteiger partial charge in [-0.3, -0.25) is 9.29 Å². The summed E-state index contributed by atoms with van der Waals surface area (Å²) in [4.78, 5) is 25.7. The quantitative estimate of drug-likeness (QED) is 0.166. The number of nitrogens with zero attached hydrogens (tertiary/aromatic N) is 5. The van der Waals surface area contributed by atoms with Gasteiger partial charge >= 0.3 is 12.4 Å². The van der Waals surface area contributed by atoms with Crippen molar-refractivity contribution in [3.05, 3.63) is 84.4 Å². The van der Waals surface area contributed by atoms with Crippen LogP contribution in [0.25, 0.3) is 27.8 Å². The number of hydrogen-bond donors (Lipinski definition) is 2. The summed E-state index contributed by atoms with van der Waals surface area (Å²) >= 11 is 0.855. The Balaban J connectivity index is 1.26. The van der Waals surface area contributed by atoms with Crippen LogP contribution in [0.15, 0.2) is 77.6 Å². The van der Waals surface area contributed by atoms with Gasteiger partial charge in [-0.25, -0.2) is 24.1 Å². The number of ether oxygens (including phenoxy) is 1.